The first-order valence-corrected chi connectivity index (χ1v) is 8.00. The third-order valence-corrected chi connectivity index (χ3v) is 4.69. The number of fused-ring (bicyclic) bond motifs is 2. The summed E-state index contributed by atoms with van der Waals surface area (Å²) in [6, 6.07) is 6.46. The van der Waals surface area contributed by atoms with Crippen molar-refractivity contribution in [2.45, 2.75) is 13.3 Å². The van der Waals surface area contributed by atoms with Gasteiger partial charge in [-0.25, -0.2) is 4.79 Å². The minimum atomic E-state index is -0.938. The molecule has 0 aliphatic heterocycles. The molecule has 3 rings (SSSR count). The standard InChI is InChI=1S/C18H19NO5/c1-2-24-18(23)12-4-3-5-13(9-12)19-16(20)14-10-6-7-11(8-10)15(14)17(21)22/h3-7,9-11,14-15H,2,8H2,1H3,(H,19,20)(H,21,22)/t10-,11-,14+,15+/m0/s1. The Morgan fingerprint density at radius 2 is 1.92 bits per heavy atom. The van der Waals surface area contributed by atoms with E-state index in [0.717, 1.165) is 0 Å². The second kappa shape index (κ2) is 6.47. The van der Waals surface area contributed by atoms with E-state index in [0.29, 0.717) is 17.7 Å². The Kier molecular flexibility index (Phi) is 4.38. The molecule has 2 N–H and O–H groups in total. The van der Waals surface area contributed by atoms with E-state index >= 15 is 0 Å². The lowest BCUT2D eigenvalue weighted by molar-refractivity contribution is -0.146. The van der Waals surface area contributed by atoms with Crippen molar-refractivity contribution in [2.75, 3.05) is 11.9 Å². The normalized spacial score (nSPS) is 27.0. The van der Waals surface area contributed by atoms with Gasteiger partial charge in [-0.3, -0.25) is 9.59 Å². The van der Waals surface area contributed by atoms with Gasteiger partial charge in [0.2, 0.25) is 5.91 Å². The molecule has 1 saturated carbocycles. The van der Waals surface area contributed by atoms with Crippen molar-refractivity contribution < 1.29 is 24.2 Å². The number of amides is 1. The molecule has 2 aliphatic carbocycles. The van der Waals surface area contributed by atoms with Gasteiger partial charge in [-0.05, 0) is 43.4 Å². The third-order valence-electron chi connectivity index (χ3n) is 4.69. The highest BCUT2D eigenvalue weighted by Gasteiger charge is 2.51. The highest BCUT2D eigenvalue weighted by molar-refractivity contribution is 5.98. The summed E-state index contributed by atoms with van der Waals surface area (Å²) in [4.78, 5) is 35.9. The molecule has 0 radical (unpaired) electrons. The second-order valence-corrected chi connectivity index (χ2v) is 6.13. The molecular weight excluding hydrogens is 310 g/mol. The molecule has 24 heavy (non-hydrogen) atoms. The molecule has 1 fully saturated rings. The number of hydrogen-bond donors (Lipinski definition) is 2. The molecular formula is C18H19NO5. The molecule has 126 valence electrons. The van der Waals surface area contributed by atoms with Gasteiger partial charge in [-0.2, -0.15) is 0 Å². The lowest BCUT2D eigenvalue weighted by Crippen LogP contribution is -2.36. The van der Waals surface area contributed by atoms with Gasteiger partial charge in [0.15, 0.2) is 0 Å². The summed E-state index contributed by atoms with van der Waals surface area (Å²) in [6.07, 6.45) is 4.54. The van der Waals surface area contributed by atoms with Crippen molar-refractivity contribution in [3.8, 4) is 0 Å². The Morgan fingerprint density at radius 3 is 2.58 bits per heavy atom. The van der Waals surface area contributed by atoms with E-state index < -0.39 is 23.8 Å². The molecule has 2 bridgehead atoms. The number of benzene rings is 1. The maximum absolute atomic E-state index is 12.6. The number of carboxylic acids is 1. The van der Waals surface area contributed by atoms with Crippen LogP contribution in [0.25, 0.3) is 0 Å². The number of esters is 1. The molecule has 0 saturated heterocycles. The predicted molar refractivity (Wildman–Crippen MR) is 86.4 cm³/mol. The van der Waals surface area contributed by atoms with Crippen LogP contribution in [-0.2, 0) is 14.3 Å². The topological polar surface area (TPSA) is 92.7 Å². The van der Waals surface area contributed by atoms with Crippen LogP contribution < -0.4 is 5.32 Å². The first-order chi connectivity index (χ1) is 11.5. The molecule has 0 spiro atoms. The zero-order valence-corrected chi connectivity index (χ0v) is 13.3. The van der Waals surface area contributed by atoms with Crippen molar-refractivity contribution in [3.05, 3.63) is 42.0 Å². The highest BCUT2D eigenvalue weighted by atomic mass is 16.5. The number of hydrogen-bond acceptors (Lipinski definition) is 4. The number of aliphatic carboxylic acids is 1. The quantitative estimate of drug-likeness (QED) is 0.639. The van der Waals surface area contributed by atoms with Gasteiger partial charge in [0.05, 0.1) is 24.0 Å². The third kappa shape index (κ3) is 2.91. The lowest BCUT2D eigenvalue weighted by atomic mass is 9.82. The van der Waals surface area contributed by atoms with Crippen LogP contribution in [0.1, 0.15) is 23.7 Å². The molecule has 0 aromatic heterocycles. The van der Waals surface area contributed by atoms with E-state index in [-0.39, 0.29) is 24.3 Å². The molecule has 1 aromatic rings. The number of anilines is 1. The predicted octanol–water partition coefficient (Wildman–Crippen LogP) is 2.32. The van der Waals surface area contributed by atoms with Crippen LogP contribution in [0.3, 0.4) is 0 Å². The largest absolute Gasteiger partial charge is 0.481 e. The number of allylic oxidation sites excluding steroid dienone is 2. The zero-order valence-electron chi connectivity index (χ0n) is 13.3. The van der Waals surface area contributed by atoms with E-state index in [1.54, 1.807) is 25.1 Å². The van der Waals surface area contributed by atoms with Crippen molar-refractivity contribution in [1.29, 1.82) is 0 Å². The van der Waals surface area contributed by atoms with Crippen LogP contribution in [-0.4, -0.2) is 29.6 Å². The highest BCUT2D eigenvalue weighted by Crippen LogP contribution is 2.48. The smallest absolute Gasteiger partial charge is 0.338 e. The number of carbonyl (C=O) groups excluding carboxylic acids is 2. The molecule has 4 atom stereocenters. The Hall–Kier alpha value is -2.63. The maximum Gasteiger partial charge on any atom is 0.338 e. The summed E-state index contributed by atoms with van der Waals surface area (Å²) in [6.45, 7) is 1.99. The van der Waals surface area contributed by atoms with Crippen molar-refractivity contribution in [3.63, 3.8) is 0 Å². The number of rotatable bonds is 5. The summed E-state index contributed by atoms with van der Waals surface area (Å²) in [5.41, 5.74) is 0.804. The first kappa shape index (κ1) is 16.2. The molecule has 1 amide bonds. The molecule has 0 heterocycles. The van der Waals surface area contributed by atoms with E-state index in [9.17, 15) is 19.5 Å². The minimum absolute atomic E-state index is 0.0376. The number of carbonyl (C=O) groups is 3. The zero-order chi connectivity index (χ0) is 17.3. The Bertz CT molecular complexity index is 711. The van der Waals surface area contributed by atoms with Crippen molar-refractivity contribution in [2.24, 2.45) is 23.7 Å². The fraction of sp³-hybridized carbons (Fsp3) is 0.389. The van der Waals surface area contributed by atoms with Crippen LogP contribution in [0.5, 0.6) is 0 Å². The minimum Gasteiger partial charge on any atom is -0.481 e. The fourth-order valence-electron chi connectivity index (χ4n) is 3.68. The average Bonchev–Trinajstić information content (AvgIpc) is 3.16. The molecule has 6 nitrogen and oxygen atoms in total. The van der Waals surface area contributed by atoms with Crippen molar-refractivity contribution in [1.82, 2.24) is 0 Å². The Balaban J connectivity index is 1.75. The lowest BCUT2D eigenvalue weighted by Gasteiger charge is -2.23. The Labute approximate surface area is 139 Å². The summed E-state index contributed by atoms with van der Waals surface area (Å²) >= 11 is 0. The van der Waals surface area contributed by atoms with Crippen LogP contribution in [0, 0.1) is 23.7 Å². The van der Waals surface area contributed by atoms with Crippen LogP contribution >= 0.6 is 0 Å². The van der Waals surface area contributed by atoms with E-state index in [2.05, 4.69) is 5.32 Å². The molecule has 6 heteroatoms. The molecule has 1 aromatic carbocycles. The summed E-state index contributed by atoms with van der Waals surface area (Å²) in [5.74, 6) is -3.09. The Morgan fingerprint density at radius 1 is 1.21 bits per heavy atom. The summed E-state index contributed by atoms with van der Waals surface area (Å²) in [7, 11) is 0. The monoisotopic (exact) mass is 329 g/mol. The number of carboxylic acid groups (broad SMARTS) is 1. The van der Waals surface area contributed by atoms with Crippen LogP contribution in [0.4, 0.5) is 5.69 Å². The SMILES string of the molecule is CCOC(=O)c1cccc(NC(=O)[C@H]2[C@H](C(=O)O)[C@H]3C=C[C@H]2C3)c1. The van der Waals surface area contributed by atoms with Crippen molar-refractivity contribution >= 4 is 23.5 Å². The molecule has 0 unspecified atom stereocenters. The molecule has 2 aliphatic rings. The second-order valence-electron chi connectivity index (χ2n) is 6.13. The van der Waals surface area contributed by atoms with Crippen LogP contribution in [0.2, 0.25) is 0 Å². The van der Waals surface area contributed by atoms with Gasteiger partial charge < -0.3 is 15.2 Å². The van der Waals surface area contributed by atoms with E-state index in [1.165, 1.54) is 6.07 Å². The van der Waals surface area contributed by atoms with Gasteiger partial charge in [0.1, 0.15) is 0 Å². The van der Waals surface area contributed by atoms with E-state index in [1.807, 2.05) is 12.2 Å². The summed E-state index contributed by atoms with van der Waals surface area (Å²) in [5, 5.41) is 12.2. The average molecular weight is 329 g/mol. The number of ether oxygens (including phenoxy) is 1. The van der Waals surface area contributed by atoms with Gasteiger partial charge in [-0.15, -0.1) is 0 Å². The van der Waals surface area contributed by atoms with Gasteiger partial charge in [0, 0.05) is 5.69 Å². The number of nitrogens with one attached hydrogen (secondary N) is 1. The van der Waals surface area contributed by atoms with E-state index in [4.69, 9.17) is 4.74 Å². The van der Waals surface area contributed by atoms with Gasteiger partial charge in [0.25, 0.3) is 0 Å². The van der Waals surface area contributed by atoms with Crippen LogP contribution in [0.15, 0.2) is 36.4 Å². The maximum atomic E-state index is 12.6. The summed E-state index contributed by atoms with van der Waals surface area (Å²) < 4.78 is 4.94. The van der Waals surface area contributed by atoms with Gasteiger partial charge in [-0.1, -0.05) is 18.2 Å². The fourth-order valence-corrected chi connectivity index (χ4v) is 3.68. The van der Waals surface area contributed by atoms with Gasteiger partial charge >= 0.3 is 11.9 Å². The first-order valence-electron chi connectivity index (χ1n) is 8.00.